The number of likely N-dealkylation sites (N-methyl/N-ethyl adjacent to an activating group) is 1. The summed E-state index contributed by atoms with van der Waals surface area (Å²) in [5.41, 5.74) is 1.43. The largest absolute Gasteiger partial charge is 0.872 e. The Hall–Kier alpha value is -3.79. The van der Waals surface area contributed by atoms with E-state index in [0.29, 0.717) is 34.9 Å². The number of aryl methyl sites for hydroxylation is 1. The summed E-state index contributed by atoms with van der Waals surface area (Å²) in [6.07, 6.45) is 0. The average Bonchev–Trinajstić information content (AvgIpc) is 3.28. The highest BCUT2D eigenvalue weighted by Gasteiger charge is 2.45. The maximum Gasteiger partial charge on any atom is 0.354 e. The molecule has 0 spiro atoms. The second kappa shape index (κ2) is 10.2. The molecule has 2 aromatic rings. The highest BCUT2D eigenvalue weighted by molar-refractivity contribution is 6.46. The van der Waals surface area contributed by atoms with Crippen LogP contribution in [0.25, 0.3) is 5.76 Å². The number of benzene rings is 1. The normalized spacial score (nSPS) is 17.3. The number of ketones is 1. The van der Waals surface area contributed by atoms with E-state index < -0.39 is 29.5 Å². The number of rotatable bonds is 8. The summed E-state index contributed by atoms with van der Waals surface area (Å²) in [7, 11) is 8.10. The summed E-state index contributed by atoms with van der Waals surface area (Å²) in [5, 5.41) is 13.8. The van der Waals surface area contributed by atoms with E-state index in [1.807, 2.05) is 14.1 Å². The van der Waals surface area contributed by atoms with Gasteiger partial charge >= 0.3 is 5.97 Å². The third-order valence-electron chi connectivity index (χ3n) is 6.16. The second-order valence-corrected chi connectivity index (χ2v) is 8.66. The van der Waals surface area contributed by atoms with Crippen LogP contribution >= 0.6 is 0 Å². The van der Waals surface area contributed by atoms with Gasteiger partial charge in [-0.2, -0.15) is 0 Å². The average molecular weight is 486 g/mol. The summed E-state index contributed by atoms with van der Waals surface area (Å²) < 4.78 is 15.5. The minimum Gasteiger partial charge on any atom is -0.872 e. The van der Waals surface area contributed by atoms with Crippen molar-refractivity contribution in [3.63, 3.8) is 0 Å². The monoisotopic (exact) mass is 485 g/mol. The van der Waals surface area contributed by atoms with E-state index in [-0.39, 0.29) is 23.4 Å². The molecule has 1 amide bonds. The molecule has 1 aliphatic heterocycles. The van der Waals surface area contributed by atoms with Gasteiger partial charge in [0.25, 0.3) is 5.91 Å². The number of Topliss-reactive ketones (excluding diaryl/α,β-unsaturated/α-hetero) is 1. The van der Waals surface area contributed by atoms with E-state index >= 15 is 0 Å². The second-order valence-electron chi connectivity index (χ2n) is 8.66. The molecular weight excluding hydrogens is 454 g/mol. The molecule has 0 saturated carbocycles. The fraction of sp³-hybridized carbons (Fsp3) is 0.400. The first kappa shape index (κ1) is 25.8. The lowest BCUT2D eigenvalue weighted by atomic mass is 9.93. The maximum atomic E-state index is 13.8. The number of hydrogen-bond acceptors (Lipinski definition) is 7. The number of esters is 1. The van der Waals surface area contributed by atoms with Crippen molar-refractivity contribution in [2.45, 2.75) is 19.9 Å². The predicted molar refractivity (Wildman–Crippen MR) is 125 cm³/mol. The molecule has 0 bridgehead atoms. The molecule has 10 heteroatoms. The molecule has 1 aliphatic rings. The fourth-order valence-corrected chi connectivity index (χ4v) is 4.35. The van der Waals surface area contributed by atoms with Gasteiger partial charge in [0.15, 0.2) is 11.5 Å². The number of likely N-dealkylation sites (tertiary alicyclic amines) is 1. The molecule has 1 fully saturated rings. The number of aromatic nitrogens is 1. The number of carbonyl (C=O) groups is 3. The predicted octanol–water partition coefficient (Wildman–Crippen LogP) is -0.196. The molecule has 0 radical (unpaired) electrons. The Morgan fingerprint density at radius 3 is 2.34 bits per heavy atom. The Labute approximate surface area is 204 Å². The molecule has 1 atom stereocenters. The lowest BCUT2D eigenvalue weighted by Crippen LogP contribution is -3.06. The van der Waals surface area contributed by atoms with Crippen molar-refractivity contribution in [3.05, 3.63) is 51.9 Å². The molecule has 1 saturated heterocycles. The lowest BCUT2D eigenvalue weighted by molar-refractivity contribution is -0.857. The first-order valence-electron chi connectivity index (χ1n) is 11.1. The Morgan fingerprint density at radius 1 is 1.11 bits per heavy atom. The van der Waals surface area contributed by atoms with Gasteiger partial charge < -0.3 is 34.1 Å². The number of methoxy groups -OCH3 is 3. The van der Waals surface area contributed by atoms with Crippen molar-refractivity contribution in [3.8, 4) is 11.5 Å². The van der Waals surface area contributed by atoms with E-state index in [1.54, 1.807) is 32.0 Å². The molecule has 3 rings (SSSR count). The molecule has 0 aliphatic carbocycles. The van der Waals surface area contributed by atoms with Crippen molar-refractivity contribution in [2.75, 3.05) is 48.5 Å². The lowest BCUT2D eigenvalue weighted by Gasteiger charge is -2.28. The number of nitrogens with one attached hydrogen (secondary N) is 2. The summed E-state index contributed by atoms with van der Waals surface area (Å²) >= 11 is 0. The van der Waals surface area contributed by atoms with Gasteiger partial charge in [0.2, 0.25) is 5.78 Å². The van der Waals surface area contributed by atoms with Crippen LogP contribution in [0.5, 0.6) is 11.5 Å². The Morgan fingerprint density at radius 2 is 1.77 bits per heavy atom. The van der Waals surface area contributed by atoms with Gasteiger partial charge in [-0.3, -0.25) is 9.59 Å². The quantitative estimate of drug-likeness (QED) is 0.230. The van der Waals surface area contributed by atoms with Crippen LogP contribution in [0.15, 0.2) is 23.8 Å². The smallest absolute Gasteiger partial charge is 0.354 e. The van der Waals surface area contributed by atoms with Crippen molar-refractivity contribution in [1.29, 1.82) is 0 Å². The Bertz CT molecular complexity index is 1200. The number of carbonyl (C=O) groups excluding carboxylic acids is 3. The van der Waals surface area contributed by atoms with Crippen molar-refractivity contribution >= 4 is 23.4 Å². The SMILES string of the molecule is COC(=O)c1[nH]c(C)c(C([O-])=C2C(=O)C(=O)N(CC[NH+](C)C)C2c2ccc(OC)c(OC)c2)c1C. The molecule has 1 unspecified atom stereocenters. The number of nitrogens with zero attached hydrogens (tertiary/aromatic N) is 1. The molecule has 2 heterocycles. The Balaban J connectivity index is 2.26. The van der Waals surface area contributed by atoms with Crippen molar-refractivity contribution < 1.29 is 38.6 Å². The number of ether oxygens (including phenoxy) is 3. The zero-order valence-corrected chi connectivity index (χ0v) is 21.0. The first-order chi connectivity index (χ1) is 16.6. The number of quaternary nitrogens is 1. The van der Waals surface area contributed by atoms with Gasteiger partial charge in [-0.25, -0.2) is 4.79 Å². The minimum atomic E-state index is -0.920. The van der Waals surface area contributed by atoms with Gasteiger partial charge in [0, 0.05) is 11.3 Å². The van der Waals surface area contributed by atoms with E-state index in [0.717, 1.165) is 4.90 Å². The minimum absolute atomic E-state index is 0.126. The van der Waals surface area contributed by atoms with E-state index in [9.17, 15) is 19.5 Å². The molecule has 35 heavy (non-hydrogen) atoms. The number of hydrogen-bond donors (Lipinski definition) is 2. The Kier molecular flexibility index (Phi) is 7.54. The molecule has 1 aromatic heterocycles. The van der Waals surface area contributed by atoms with Gasteiger partial charge in [-0.05, 0) is 42.7 Å². The zero-order chi connectivity index (χ0) is 26.0. The van der Waals surface area contributed by atoms with Crippen LogP contribution in [0.4, 0.5) is 0 Å². The molecule has 2 N–H and O–H groups in total. The third kappa shape index (κ3) is 4.61. The van der Waals surface area contributed by atoms with Crippen LogP contribution in [-0.2, 0) is 14.3 Å². The van der Waals surface area contributed by atoms with Crippen LogP contribution in [0.1, 0.15) is 38.9 Å². The fourth-order valence-electron chi connectivity index (χ4n) is 4.35. The summed E-state index contributed by atoms with van der Waals surface area (Å²) in [4.78, 5) is 43.9. The third-order valence-corrected chi connectivity index (χ3v) is 6.16. The van der Waals surface area contributed by atoms with Crippen molar-refractivity contribution in [1.82, 2.24) is 9.88 Å². The summed E-state index contributed by atoms with van der Waals surface area (Å²) in [5.74, 6) is -1.95. The van der Waals surface area contributed by atoms with Crippen LogP contribution in [0, 0.1) is 13.8 Å². The highest BCUT2D eigenvalue weighted by Crippen LogP contribution is 2.42. The first-order valence-corrected chi connectivity index (χ1v) is 11.1. The summed E-state index contributed by atoms with van der Waals surface area (Å²) in [6, 6.07) is 4.12. The number of aromatic amines is 1. The van der Waals surface area contributed by atoms with Crippen molar-refractivity contribution in [2.24, 2.45) is 0 Å². The van der Waals surface area contributed by atoms with E-state index in [2.05, 4.69) is 4.98 Å². The van der Waals surface area contributed by atoms with Gasteiger partial charge in [0.05, 0.1) is 54.6 Å². The van der Waals surface area contributed by atoms with Crippen LogP contribution in [0.2, 0.25) is 0 Å². The topological polar surface area (TPSA) is 125 Å². The van der Waals surface area contributed by atoms with Crippen LogP contribution in [0.3, 0.4) is 0 Å². The number of H-pyrrole nitrogens is 1. The molecular formula is C25H31N3O7. The van der Waals surface area contributed by atoms with Gasteiger partial charge in [-0.15, -0.1) is 0 Å². The standard InChI is InChI=1S/C25H31N3O7/c1-13-18(14(2)26-20(13)25(32)35-7)22(29)19-21(15-8-9-16(33-5)17(12-15)34-6)28(11-10-27(3)4)24(31)23(19)30/h8-9,12,21,26,29H,10-11H2,1-7H3. The summed E-state index contributed by atoms with van der Waals surface area (Å²) in [6.45, 7) is 4.07. The molecule has 10 nitrogen and oxygen atoms in total. The molecule has 1 aromatic carbocycles. The number of amides is 1. The van der Waals surface area contributed by atoms with E-state index in [4.69, 9.17) is 14.2 Å². The highest BCUT2D eigenvalue weighted by atomic mass is 16.5. The van der Waals surface area contributed by atoms with E-state index in [1.165, 1.54) is 26.2 Å². The maximum absolute atomic E-state index is 13.8. The van der Waals surface area contributed by atoms with Crippen LogP contribution < -0.4 is 19.5 Å². The van der Waals surface area contributed by atoms with Crippen LogP contribution in [-0.4, -0.2) is 76.1 Å². The van der Waals surface area contributed by atoms with Gasteiger partial charge in [-0.1, -0.05) is 11.8 Å². The molecule has 188 valence electrons. The van der Waals surface area contributed by atoms with Gasteiger partial charge in [0.1, 0.15) is 5.69 Å². The zero-order valence-electron chi connectivity index (χ0n) is 21.0.